The molecule has 1 aliphatic carbocycles. The standard InChI is InChI=1S/C19H22N4O/c24-16-7-6-15(10-16)11-21-19-18-17(8-9-20-19)23(13-22-18)12-14-4-2-1-3-5-14/h1-5,8-9,13,15-16,24H,6-7,10-12H2,(H,20,21). The van der Waals surface area contributed by atoms with Crippen molar-refractivity contribution in [3.63, 3.8) is 0 Å². The van der Waals surface area contributed by atoms with Crippen LogP contribution < -0.4 is 5.32 Å². The predicted octanol–water partition coefficient (Wildman–Crippen LogP) is 3.05. The molecule has 3 aromatic rings. The summed E-state index contributed by atoms with van der Waals surface area (Å²) in [6, 6.07) is 12.4. The smallest absolute Gasteiger partial charge is 0.154 e. The molecule has 2 atom stereocenters. The number of benzene rings is 1. The van der Waals surface area contributed by atoms with Crippen LogP contribution in [-0.4, -0.2) is 32.3 Å². The molecule has 1 saturated carbocycles. The van der Waals surface area contributed by atoms with E-state index in [4.69, 9.17) is 0 Å². The first-order valence-electron chi connectivity index (χ1n) is 8.55. The molecule has 0 aliphatic heterocycles. The number of fused-ring (bicyclic) bond motifs is 1. The van der Waals surface area contributed by atoms with Crippen LogP contribution in [-0.2, 0) is 6.54 Å². The molecule has 0 spiro atoms. The Morgan fingerprint density at radius 2 is 2.00 bits per heavy atom. The van der Waals surface area contributed by atoms with E-state index in [1.807, 2.05) is 24.7 Å². The number of pyridine rings is 1. The van der Waals surface area contributed by atoms with E-state index >= 15 is 0 Å². The van der Waals surface area contributed by atoms with E-state index in [0.717, 1.165) is 49.2 Å². The number of nitrogens with one attached hydrogen (secondary N) is 1. The number of anilines is 1. The zero-order chi connectivity index (χ0) is 16.4. The third-order valence-corrected chi connectivity index (χ3v) is 4.81. The number of imidazole rings is 1. The van der Waals surface area contributed by atoms with E-state index in [9.17, 15) is 5.11 Å². The molecule has 1 fully saturated rings. The SMILES string of the molecule is OC1CCC(CNc2nccc3c2ncn3Cc2ccccc2)C1. The second-order valence-corrected chi connectivity index (χ2v) is 6.60. The van der Waals surface area contributed by atoms with Gasteiger partial charge in [-0.25, -0.2) is 9.97 Å². The second-order valence-electron chi connectivity index (χ2n) is 6.60. The van der Waals surface area contributed by atoms with Crippen molar-refractivity contribution in [2.75, 3.05) is 11.9 Å². The number of hydrogen-bond donors (Lipinski definition) is 2. The molecule has 2 aromatic heterocycles. The van der Waals surface area contributed by atoms with Crippen molar-refractivity contribution >= 4 is 16.9 Å². The molecule has 5 nitrogen and oxygen atoms in total. The first-order chi connectivity index (χ1) is 11.8. The molecule has 2 unspecified atom stereocenters. The van der Waals surface area contributed by atoms with Gasteiger partial charge in [0.15, 0.2) is 5.82 Å². The van der Waals surface area contributed by atoms with Gasteiger partial charge in [-0.1, -0.05) is 30.3 Å². The molecule has 4 rings (SSSR count). The fourth-order valence-electron chi connectivity index (χ4n) is 3.50. The van der Waals surface area contributed by atoms with Gasteiger partial charge in [0.2, 0.25) is 0 Å². The van der Waals surface area contributed by atoms with Gasteiger partial charge in [0.25, 0.3) is 0 Å². The van der Waals surface area contributed by atoms with Crippen molar-refractivity contribution in [2.45, 2.75) is 31.9 Å². The maximum atomic E-state index is 9.65. The summed E-state index contributed by atoms with van der Waals surface area (Å²) in [6.45, 7) is 1.64. The third kappa shape index (κ3) is 3.12. The van der Waals surface area contributed by atoms with Crippen molar-refractivity contribution < 1.29 is 5.11 Å². The number of nitrogens with zero attached hydrogens (tertiary/aromatic N) is 3. The molecule has 1 aliphatic rings. The lowest BCUT2D eigenvalue weighted by Crippen LogP contribution is -2.13. The molecule has 24 heavy (non-hydrogen) atoms. The van der Waals surface area contributed by atoms with Crippen LogP contribution in [0.4, 0.5) is 5.82 Å². The summed E-state index contributed by atoms with van der Waals surface area (Å²) in [5, 5.41) is 13.1. The number of rotatable bonds is 5. The summed E-state index contributed by atoms with van der Waals surface area (Å²) in [7, 11) is 0. The minimum Gasteiger partial charge on any atom is -0.393 e. The topological polar surface area (TPSA) is 63.0 Å². The van der Waals surface area contributed by atoms with Crippen LogP contribution in [0.2, 0.25) is 0 Å². The summed E-state index contributed by atoms with van der Waals surface area (Å²) in [6.07, 6.45) is 6.44. The first-order valence-corrected chi connectivity index (χ1v) is 8.55. The van der Waals surface area contributed by atoms with Crippen molar-refractivity contribution in [1.29, 1.82) is 0 Å². The van der Waals surface area contributed by atoms with E-state index in [0.29, 0.717) is 5.92 Å². The van der Waals surface area contributed by atoms with Gasteiger partial charge in [-0.2, -0.15) is 0 Å². The van der Waals surface area contributed by atoms with Crippen molar-refractivity contribution in [2.24, 2.45) is 5.92 Å². The molecule has 0 saturated heterocycles. The van der Waals surface area contributed by atoms with Gasteiger partial charge < -0.3 is 15.0 Å². The fourth-order valence-corrected chi connectivity index (χ4v) is 3.50. The van der Waals surface area contributed by atoms with Crippen LogP contribution in [0.15, 0.2) is 48.9 Å². The highest BCUT2D eigenvalue weighted by Crippen LogP contribution is 2.27. The van der Waals surface area contributed by atoms with E-state index in [-0.39, 0.29) is 6.10 Å². The van der Waals surface area contributed by atoms with Crippen LogP contribution in [0, 0.1) is 5.92 Å². The van der Waals surface area contributed by atoms with Crippen LogP contribution in [0.1, 0.15) is 24.8 Å². The van der Waals surface area contributed by atoms with Gasteiger partial charge >= 0.3 is 0 Å². The van der Waals surface area contributed by atoms with Gasteiger partial charge in [0.05, 0.1) is 17.9 Å². The maximum Gasteiger partial charge on any atom is 0.154 e. The molecular formula is C19H22N4O. The normalized spacial score (nSPS) is 20.5. The van der Waals surface area contributed by atoms with Gasteiger partial charge in [0.1, 0.15) is 5.52 Å². The Bertz CT molecular complexity index is 815. The minimum atomic E-state index is -0.134. The Kier molecular flexibility index (Phi) is 4.17. The predicted molar refractivity (Wildman–Crippen MR) is 94.9 cm³/mol. The lowest BCUT2D eigenvalue weighted by molar-refractivity contribution is 0.178. The maximum absolute atomic E-state index is 9.65. The summed E-state index contributed by atoms with van der Waals surface area (Å²) in [5.74, 6) is 1.35. The van der Waals surface area contributed by atoms with Crippen molar-refractivity contribution in [3.05, 3.63) is 54.5 Å². The second kappa shape index (κ2) is 6.61. The molecule has 0 radical (unpaired) electrons. The largest absolute Gasteiger partial charge is 0.393 e. The van der Waals surface area contributed by atoms with Crippen molar-refractivity contribution in [1.82, 2.24) is 14.5 Å². The highest BCUT2D eigenvalue weighted by molar-refractivity contribution is 5.85. The van der Waals surface area contributed by atoms with Gasteiger partial charge in [-0.15, -0.1) is 0 Å². The number of aliphatic hydroxyl groups is 1. The van der Waals surface area contributed by atoms with Crippen LogP contribution in [0.5, 0.6) is 0 Å². The monoisotopic (exact) mass is 322 g/mol. The Morgan fingerprint density at radius 3 is 2.79 bits per heavy atom. The zero-order valence-corrected chi connectivity index (χ0v) is 13.6. The molecule has 2 N–H and O–H groups in total. The van der Waals surface area contributed by atoms with Crippen LogP contribution in [0.25, 0.3) is 11.0 Å². The average Bonchev–Trinajstić information content (AvgIpc) is 3.21. The molecule has 0 bridgehead atoms. The molecule has 2 heterocycles. The summed E-state index contributed by atoms with van der Waals surface area (Å²) < 4.78 is 2.15. The quantitative estimate of drug-likeness (QED) is 0.758. The Hall–Kier alpha value is -2.40. The summed E-state index contributed by atoms with van der Waals surface area (Å²) in [5.41, 5.74) is 3.25. The van der Waals surface area contributed by atoms with Crippen LogP contribution in [0.3, 0.4) is 0 Å². The number of hydrogen-bond acceptors (Lipinski definition) is 4. The Morgan fingerprint density at radius 1 is 1.12 bits per heavy atom. The highest BCUT2D eigenvalue weighted by atomic mass is 16.3. The van der Waals surface area contributed by atoms with E-state index in [2.05, 4.69) is 44.1 Å². The first kappa shape index (κ1) is 15.1. The lowest BCUT2D eigenvalue weighted by atomic mass is 10.1. The molecule has 5 heteroatoms. The Balaban J connectivity index is 1.53. The fraction of sp³-hybridized carbons (Fsp3) is 0.368. The zero-order valence-electron chi connectivity index (χ0n) is 13.6. The number of aliphatic hydroxyl groups excluding tert-OH is 1. The molecule has 0 amide bonds. The number of aromatic nitrogens is 3. The van der Waals surface area contributed by atoms with Crippen molar-refractivity contribution in [3.8, 4) is 0 Å². The Labute approximate surface area is 141 Å². The third-order valence-electron chi connectivity index (χ3n) is 4.81. The van der Waals surface area contributed by atoms with E-state index in [1.54, 1.807) is 0 Å². The van der Waals surface area contributed by atoms with E-state index < -0.39 is 0 Å². The molecular weight excluding hydrogens is 300 g/mol. The van der Waals surface area contributed by atoms with Gasteiger partial charge in [-0.05, 0) is 36.8 Å². The van der Waals surface area contributed by atoms with Gasteiger partial charge in [0, 0.05) is 19.3 Å². The lowest BCUT2D eigenvalue weighted by Gasteiger charge is -2.12. The minimum absolute atomic E-state index is 0.134. The van der Waals surface area contributed by atoms with E-state index in [1.165, 1.54) is 5.56 Å². The summed E-state index contributed by atoms with van der Waals surface area (Å²) >= 11 is 0. The average molecular weight is 322 g/mol. The highest BCUT2D eigenvalue weighted by Gasteiger charge is 2.22. The molecule has 124 valence electrons. The summed E-state index contributed by atoms with van der Waals surface area (Å²) in [4.78, 5) is 9.02. The van der Waals surface area contributed by atoms with Gasteiger partial charge in [-0.3, -0.25) is 0 Å². The molecule has 1 aromatic carbocycles. The van der Waals surface area contributed by atoms with Crippen LogP contribution >= 0.6 is 0 Å².